The maximum atomic E-state index is 10.5. The molecule has 2 heteroatoms. The highest BCUT2D eigenvalue weighted by Crippen LogP contribution is 2.04. The van der Waals surface area contributed by atoms with Gasteiger partial charge in [-0.05, 0) is 56.5 Å². The van der Waals surface area contributed by atoms with E-state index in [9.17, 15) is 4.79 Å². The molecule has 0 aromatic carbocycles. The van der Waals surface area contributed by atoms with Crippen LogP contribution in [0.4, 0.5) is 0 Å². The van der Waals surface area contributed by atoms with E-state index in [1.807, 2.05) is 0 Å². The second kappa shape index (κ2) is 16.2. The van der Waals surface area contributed by atoms with Crippen molar-refractivity contribution in [3.8, 4) is 0 Å². The molecule has 0 spiro atoms. The van der Waals surface area contributed by atoms with Crippen LogP contribution in [0.3, 0.4) is 0 Å². The summed E-state index contributed by atoms with van der Waals surface area (Å²) in [4.78, 5) is 10.5. The molecule has 0 unspecified atom stereocenters. The first-order valence-corrected chi connectivity index (χ1v) is 8.28. The lowest BCUT2D eigenvalue weighted by Crippen LogP contribution is -1.84. The third-order valence-corrected chi connectivity index (χ3v) is 3.20. The van der Waals surface area contributed by atoms with E-state index in [0.717, 1.165) is 32.1 Å². The summed E-state index contributed by atoms with van der Waals surface area (Å²) in [6, 6.07) is 0. The Kier molecular flexibility index (Phi) is 15.6. The van der Waals surface area contributed by atoms with Crippen molar-refractivity contribution in [1.29, 1.82) is 0 Å². The van der Waals surface area contributed by atoms with Gasteiger partial charge in [-0.25, -0.2) is 0 Å². The van der Waals surface area contributed by atoms with Crippen LogP contribution in [0.5, 0.6) is 0 Å². The van der Waals surface area contributed by atoms with Gasteiger partial charge in [0, 0.05) is 6.42 Å². The molecular weight excluding hydrogens is 268 g/mol. The first-order chi connectivity index (χ1) is 9.77. The van der Waals surface area contributed by atoms with Crippen LogP contribution in [-0.4, -0.2) is 5.24 Å². The Balaban J connectivity index is 3.32. The Labute approximate surface area is 129 Å². The molecule has 0 aromatic heterocycles. The minimum Gasteiger partial charge on any atom is -0.281 e. The van der Waals surface area contributed by atoms with Crippen molar-refractivity contribution in [2.24, 2.45) is 0 Å². The maximum absolute atomic E-state index is 10.5. The van der Waals surface area contributed by atoms with Crippen LogP contribution >= 0.6 is 11.6 Å². The fraction of sp³-hybridized carbons (Fsp3) is 0.611. The molecule has 0 aliphatic rings. The molecule has 0 fully saturated rings. The summed E-state index contributed by atoms with van der Waals surface area (Å²) < 4.78 is 0. The molecule has 0 bridgehead atoms. The highest BCUT2D eigenvalue weighted by atomic mass is 35.5. The average Bonchev–Trinajstić information content (AvgIpc) is 2.43. The molecule has 0 aromatic rings. The fourth-order valence-electron chi connectivity index (χ4n) is 1.82. The molecule has 0 radical (unpaired) electrons. The lowest BCUT2D eigenvalue weighted by molar-refractivity contribution is -0.111. The van der Waals surface area contributed by atoms with Gasteiger partial charge in [0.05, 0.1) is 0 Å². The van der Waals surface area contributed by atoms with Crippen LogP contribution in [0.25, 0.3) is 0 Å². The van der Waals surface area contributed by atoms with Crippen LogP contribution < -0.4 is 0 Å². The molecule has 0 aliphatic heterocycles. The largest absolute Gasteiger partial charge is 0.281 e. The summed E-state index contributed by atoms with van der Waals surface area (Å²) in [6.07, 6.45) is 24.0. The number of carbonyl (C=O) groups is 1. The number of hydrogen-bond donors (Lipinski definition) is 0. The topological polar surface area (TPSA) is 17.1 Å². The first-order valence-electron chi connectivity index (χ1n) is 7.90. The van der Waals surface area contributed by atoms with E-state index in [0.29, 0.717) is 6.42 Å². The summed E-state index contributed by atoms with van der Waals surface area (Å²) in [5.74, 6) is 0. The molecule has 0 atom stereocenters. The summed E-state index contributed by atoms with van der Waals surface area (Å²) >= 11 is 5.26. The zero-order valence-electron chi connectivity index (χ0n) is 12.8. The van der Waals surface area contributed by atoms with Crippen molar-refractivity contribution in [3.63, 3.8) is 0 Å². The van der Waals surface area contributed by atoms with E-state index in [4.69, 9.17) is 11.6 Å². The van der Waals surface area contributed by atoms with E-state index >= 15 is 0 Å². The Bertz CT molecular complexity index is 303. The molecule has 0 heterocycles. The Morgan fingerprint density at radius 2 is 1.30 bits per heavy atom. The standard InChI is InChI=1S/C18H29ClO/c1-2-3-4-5-6-7-8-9-10-11-12-13-14-15-16-17-18(19)20/h6-7,9-10,12-13H,2-5,8,11,14-17H2,1H3/b7-6+,10-9-,13-12+. The Morgan fingerprint density at radius 3 is 1.80 bits per heavy atom. The fourth-order valence-corrected chi connectivity index (χ4v) is 1.95. The van der Waals surface area contributed by atoms with Gasteiger partial charge >= 0.3 is 0 Å². The Hall–Kier alpha value is -0.820. The lowest BCUT2D eigenvalue weighted by atomic mass is 10.2. The summed E-state index contributed by atoms with van der Waals surface area (Å²) in [5.41, 5.74) is 0. The quantitative estimate of drug-likeness (QED) is 0.220. The van der Waals surface area contributed by atoms with Gasteiger partial charge < -0.3 is 0 Å². The van der Waals surface area contributed by atoms with Gasteiger partial charge in [-0.1, -0.05) is 56.2 Å². The third kappa shape index (κ3) is 17.2. The zero-order chi connectivity index (χ0) is 14.9. The van der Waals surface area contributed by atoms with Crippen LogP contribution in [0.2, 0.25) is 0 Å². The maximum Gasteiger partial charge on any atom is 0.221 e. The van der Waals surface area contributed by atoms with Crippen molar-refractivity contribution < 1.29 is 4.79 Å². The highest BCUT2D eigenvalue weighted by molar-refractivity contribution is 6.63. The zero-order valence-corrected chi connectivity index (χ0v) is 13.6. The van der Waals surface area contributed by atoms with Crippen LogP contribution in [0.15, 0.2) is 36.5 Å². The number of unbranched alkanes of at least 4 members (excludes halogenated alkanes) is 5. The van der Waals surface area contributed by atoms with Gasteiger partial charge in [0.25, 0.3) is 0 Å². The van der Waals surface area contributed by atoms with Gasteiger partial charge in [-0.2, -0.15) is 0 Å². The van der Waals surface area contributed by atoms with Gasteiger partial charge in [-0.15, -0.1) is 0 Å². The van der Waals surface area contributed by atoms with E-state index in [1.165, 1.54) is 25.7 Å². The van der Waals surface area contributed by atoms with Gasteiger partial charge in [0.2, 0.25) is 5.24 Å². The van der Waals surface area contributed by atoms with Crippen LogP contribution in [0.1, 0.15) is 71.1 Å². The van der Waals surface area contributed by atoms with E-state index in [-0.39, 0.29) is 5.24 Å². The molecular formula is C18H29ClO. The first kappa shape index (κ1) is 19.2. The predicted molar refractivity (Wildman–Crippen MR) is 90.1 cm³/mol. The highest BCUT2D eigenvalue weighted by Gasteiger charge is 1.93. The minimum atomic E-state index is -0.223. The summed E-state index contributed by atoms with van der Waals surface area (Å²) in [7, 11) is 0. The van der Waals surface area contributed by atoms with Crippen molar-refractivity contribution in [1.82, 2.24) is 0 Å². The number of hydrogen-bond acceptors (Lipinski definition) is 1. The molecule has 114 valence electrons. The van der Waals surface area contributed by atoms with Crippen LogP contribution in [-0.2, 0) is 4.79 Å². The van der Waals surface area contributed by atoms with E-state index in [1.54, 1.807) is 0 Å². The summed E-state index contributed by atoms with van der Waals surface area (Å²) in [5, 5.41) is -0.223. The SMILES string of the molecule is CCCCC/C=C/C/C=C\C/C=C/CCCCC(=O)Cl. The van der Waals surface area contributed by atoms with Crippen molar-refractivity contribution in [2.75, 3.05) is 0 Å². The molecule has 1 nitrogen and oxygen atoms in total. The van der Waals surface area contributed by atoms with Crippen molar-refractivity contribution in [2.45, 2.75) is 71.1 Å². The summed E-state index contributed by atoms with van der Waals surface area (Å²) in [6.45, 7) is 2.23. The third-order valence-electron chi connectivity index (χ3n) is 3.01. The molecule has 0 N–H and O–H groups in total. The van der Waals surface area contributed by atoms with Gasteiger partial charge in [0.1, 0.15) is 0 Å². The second-order valence-electron chi connectivity index (χ2n) is 4.98. The minimum absolute atomic E-state index is 0.223. The molecule has 0 saturated carbocycles. The molecule has 20 heavy (non-hydrogen) atoms. The Morgan fingerprint density at radius 1 is 0.800 bits per heavy atom. The average molecular weight is 297 g/mol. The van der Waals surface area contributed by atoms with E-state index in [2.05, 4.69) is 43.4 Å². The molecule has 0 aliphatic carbocycles. The number of rotatable bonds is 13. The van der Waals surface area contributed by atoms with Crippen molar-refractivity contribution >= 4 is 16.8 Å². The number of allylic oxidation sites excluding steroid dienone is 6. The van der Waals surface area contributed by atoms with Gasteiger partial charge in [-0.3, -0.25) is 4.79 Å². The lowest BCUT2D eigenvalue weighted by Gasteiger charge is -1.92. The smallest absolute Gasteiger partial charge is 0.221 e. The molecule has 0 saturated heterocycles. The molecule has 0 rings (SSSR count). The predicted octanol–water partition coefficient (Wildman–Crippen LogP) is 6.34. The number of halogens is 1. The monoisotopic (exact) mass is 296 g/mol. The normalized spacial score (nSPS) is 12.1. The van der Waals surface area contributed by atoms with E-state index < -0.39 is 0 Å². The van der Waals surface area contributed by atoms with Crippen LogP contribution in [0, 0.1) is 0 Å². The molecule has 0 amide bonds. The van der Waals surface area contributed by atoms with Crippen molar-refractivity contribution in [3.05, 3.63) is 36.5 Å². The number of carbonyl (C=O) groups excluding carboxylic acids is 1. The van der Waals surface area contributed by atoms with Gasteiger partial charge in [0.15, 0.2) is 0 Å². The second-order valence-corrected chi connectivity index (χ2v) is 5.40.